The lowest BCUT2D eigenvalue weighted by atomic mass is 9.98. The normalized spacial score (nSPS) is 11.3. The minimum Gasteiger partial charge on any atom is -0.309 e. The van der Waals surface area contributed by atoms with Gasteiger partial charge in [-0.2, -0.15) is 0 Å². The number of ketones is 2. The van der Waals surface area contributed by atoms with Gasteiger partial charge in [-0.25, -0.2) is 0 Å². The molecule has 0 heterocycles. The molecule has 0 aromatic heterocycles. The summed E-state index contributed by atoms with van der Waals surface area (Å²) < 4.78 is 22.3. The van der Waals surface area contributed by atoms with Gasteiger partial charge in [0.1, 0.15) is 0 Å². The summed E-state index contributed by atoms with van der Waals surface area (Å²) in [5.74, 6) is -0.535. The van der Waals surface area contributed by atoms with Gasteiger partial charge in [0.05, 0.1) is 10.3 Å². The van der Waals surface area contributed by atoms with Crippen molar-refractivity contribution in [3.05, 3.63) is 99.0 Å². The Balaban J connectivity index is 1.82. The molecule has 0 atom stereocenters. The van der Waals surface area contributed by atoms with E-state index in [0.717, 1.165) is 0 Å². The van der Waals surface area contributed by atoms with Crippen LogP contribution in [-0.4, -0.2) is 25.8 Å². The van der Waals surface area contributed by atoms with Gasteiger partial charge in [0.2, 0.25) is 0 Å². The highest BCUT2D eigenvalue weighted by Crippen LogP contribution is 2.44. The van der Waals surface area contributed by atoms with E-state index in [1.165, 1.54) is 32.4 Å². The first kappa shape index (κ1) is 22.4. The third-order valence-electron chi connectivity index (χ3n) is 4.51. The Morgan fingerprint density at radius 1 is 0.733 bits per heavy atom. The summed E-state index contributed by atoms with van der Waals surface area (Å²) in [5.41, 5.74) is 1.47. The minimum absolute atomic E-state index is 0.244. The molecule has 3 aromatic rings. The van der Waals surface area contributed by atoms with Crippen molar-refractivity contribution in [2.24, 2.45) is 0 Å². The van der Waals surface area contributed by atoms with Gasteiger partial charge in [-0.15, -0.1) is 0 Å². The van der Waals surface area contributed by atoms with Crippen LogP contribution in [0.1, 0.15) is 31.8 Å². The van der Waals surface area contributed by atoms with Crippen molar-refractivity contribution in [1.29, 1.82) is 0 Å². The highest BCUT2D eigenvalue weighted by Gasteiger charge is 2.24. The molecule has 0 saturated carbocycles. The van der Waals surface area contributed by atoms with Gasteiger partial charge in [0.25, 0.3) is 0 Å². The van der Waals surface area contributed by atoms with Gasteiger partial charge in [-0.1, -0.05) is 59.6 Å². The number of halogens is 2. The van der Waals surface area contributed by atoms with Crippen LogP contribution < -0.4 is 5.30 Å². The Morgan fingerprint density at radius 2 is 1.20 bits per heavy atom. The molecule has 0 aliphatic rings. The zero-order valence-corrected chi connectivity index (χ0v) is 18.5. The number of rotatable bonds is 7. The van der Waals surface area contributed by atoms with E-state index >= 15 is 0 Å². The Kier molecular flexibility index (Phi) is 6.91. The van der Waals surface area contributed by atoms with E-state index in [1.54, 1.807) is 48.5 Å². The highest BCUT2D eigenvalue weighted by atomic mass is 35.5. The quantitative estimate of drug-likeness (QED) is 0.339. The third-order valence-corrected chi connectivity index (χ3v) is 6.97. The van der Waals surface area contributed by atoms with Gasteiger partial charge in [0.15, 0.2) is 11.6 Å². The maximum atomic E-state index is 12.7. The first-order valence-corrected chi connectivity index (χ1v) is 11.1. The zero-order valence-electron chi connectivity index (χ0n) is 16.1. The summed E-state index contributed by atoms with van der Waals surface area (Å²) in [6, 6.07) is 17.1. The number of carbonyl (C=O) groups is 2. The molecule has 0 aliphatic heterocycles. The van der Waals surface area contributed by atoms with Crippen LogP contribution in [0.2, 0.25) is 10.0 Å². The maximum absolute atomic E-state index is 12.7. The van der Waals surface area contributed by atoms with Crippen LogP contribution in [0.3, 0.4) is 0 Å². The van der Waals surface area contributed by atoms with Crippen molar-refractivity contribution in [1.82, 2.24) is 0 Å². The van der Waals surface area contributed by atoms with Crippen molar-refractivity contribution in [2.75, 3.05) is 14.2 Å². The molecular weight excluding hydrogens is 446 g/mol. The molecular formula is C22H17Cl2O5P. The highest BCUT2D eigenvalue weighted by molar-refractivity contribution is 7.62. The SMILES string of the molecule is COP(=O)(OC)c1ccc(C(=O)c2ccc(C(=O)c3cc(Cl)ccc3Cl)cc2)cc1. The van der Waals surface area contributed by atoms with E-state index in [-0.39, 0.29) is 11.6 Å². The zero-order chi connectivity index (χ0) is 21.9. The van der Waals surface area contributed by atoms with Crippen molar-refractivity contribution < 1.29 is 23.2 Å². The first-order valence-electron chi connectivity index (χ1n) is 8.75. The minimum atomic E-state index is -3.38. The summed E-state index contributed by atoms with van der Waals surface area (Å²) in [5, 5.41) is 1.06. The molecule has 0 spiro atoms. The average Bonchev–Trinajstić information content (AvgIpc) is 2.79. The smallest absolute Gasteiger partial charge is 0.309 e. The summed E-state index contributed by atoms with van der Waals surface area (Å²) >= 11 is 12.0. The molecule has 0 saturated heterocycles. The van der Waals surface area contributed by atoms with E-state index in [0.29, 0.717) is 37.6 Å². The topological polar surface area (TPSA) is 69.7 Å². The predicted molar refractivity (Wildman–Crippen MR) is 117 cm³/mol. The predicted octanol–water partition coefficient (Wildman–Crippen LogP) is 5.57. The molecule has 5 nitrogen and oxygen atoms in total. The van der Waals surface area contributed by atoms with E-state index in [4.69, 9.17) is 32.2 Å². The number of carbonyl (C=O) groups excluding carboxylic acids is 2. The first-order chi connectivity index (χ1) is 14.3. The van der Waals surface area contributed by atoms with Crippen LogP contribution >= 0.6 is 30.8 Å². The number of hydrogen-bond donors (Lipinski definition) is 0. The molecule has 0 aliphatic carbocycles. The fourth-order valence-electron chi connectivity index (χ4n) is 2.85. The van der Waals surface area contributed by atoms with Crippen LogP contribution in [0.4, 0.5) is 0 Å². The average molecular weight is 463 g/mol. The Morgan fingerprint density at radius 3 is 1.70 bits per heavy atom. The standard InChI is InChI=1S/C22H17Cl2O5P/c1-28-30(27,29-2)18-10-7-15(8-11-18)21(25)14-3-5-16(6-4-14)22(26)19-13-17(23)9-12-20(19)24/h3-13H,1-2H3. The lowest BCUT2D eigenvalue weighted by Gasteiger charge is -2.13. The maximum Gasteiger partial charge on any atom is 0.360 e. The van der Waals surface area contributed by atoms with Gasteiger partial charge in [-0.05, 0) is 30.3 Å². The molecule has 0 fully saturated rings. The van der Waals surface area contributed by atoms with Crippen LogP contribution in [0, 0.1) is 0 Å². The summed E-state index contributed by atoms with van der Waals surface area (Å²) in [7, 11) is -0.790. The Hall–Kier alpha value is -2.27. The summed E-state index contributed by atoms with van der Waals surface area (Å²) in [4.78, 5) is 25.4. The fraction of sp³-hybridized carbons (Fsp3) is 0.0909. The molecule has 0 amide bonds. The van der Waals surface area contributed by atoms with Gasteiger partial charge in [0, 0.05) is 41.5 Å². The molecule has 0 radical (unpaired) electrons. The molecule has 8 heteroatoms. The molecule has 0 N–H and O–H groups in total. The van der Waals surface area contributed by atoms with Crippen molar-refractivity contribution in [3.63, 3.8) is 0 Å². The molecule has 30 heavy (non-hydrogen) atoms. The third kappa shape index (κ3) is 4.56. The van der Waals surface area contributed by atoms with E-state index < -0.39 is 7.60 Å². The lowest BCUT2D eigenvalue weighted by Crippen LogP contribution is -2.10. The van der Waals surface area contributed by atoms with Crippen LogP contribution in [0.5, 0.6) is 0 Å². The Labute approximate surface area is 184 Å². The van der Waals surface area contributed by atoms with E-state index in [1.807, 2.05) is 0 Å². The molecule has 3 rings (SSSR count). The van der Waals surface area contributed by atoms with E-state index in [2.05, 4.69) is 0 Å². The largest absolute Gasteiger partial charge is 0.360 e. The molecule has 0 unspecified atom stereocenters. The number of hydrogen-bond acceptors (Lipinski definition) is 5. The van der Waals surface area contributed by atoms with Crippen molar-refractivity contribution >= 4 is 47.7 Å². The lowest BCUT2D eigenvalue weighted by molar-refractivity contribution is 0.102. The molecule has 3 aromatic carbocycles. The van der Waals surface area contributed by atoms with Crippen molar-refractivity contribution in [2.45, 2.75) is 0 Å². The molecule has 0 bridgehead atoms. The van der Waals surface area contributed by atoms with Gasteiger partial charge in [-0.3, -0.25) is 14.2 Å². The van der Waals surface area contributed by atoms with Crippen LogP contribution in [0.15, 0.2) is 66.7 Å². The van der Waals surface area contributed by atoms with Crippen LogP contribution in [-0.2, 0) is 13.6 Å². The monoisotopic (exact) mass is 462 g/mol. The molecule has 154 valence electrons. The fourth-order valence-corrected chi connectivity index (χ4v) is 4.31. The van der Waals surface area contributed by atoms with Gasteiger partial charge < -0.3 is 9.05 Å². The number of benzene rings is 3. The second-order valence-electron chi connectivity index (χ2n) is 6.27. The second kappa shape index (κ2) is 9.25. The van der Waals surface area contributed by atoms with E-state index in [9.17, 15) is 14.2 Å². The second-order valence-corrected chi connectivity index (χ2v) is 9.35. The summed E-state index contributed by atoms with van der Waals surface area (Å²) in [6.07, 6.45) is 0. The van der Waals surface area contributed by atoms with Crippen LogP contribution in [0.25, 0.3) is 0 Å². The Bertz CT molecular complexity index is 1130. The summed E-state index contributed by atoms with van der Waals surface area (Å²) in [6.45, 7) is 0. The van der Waals surface area contributed by atoms with Gasteiger partial charge >= 0.3 is 7.60 Å². The van der Waals surface area contributed by atoms with Crippen molar-refractivity contribution in [3.8, 4) is 0 Å².